The third-order valence-corrected chi connectivity index (χ3v) is 5.08. The van der Waals surface area contributed by atoms with Crippen LogP contribution in [0.15, 0.2) is 0 Å². The lowest BCUT2D eigenvalue weighted by Crippen LogP contribution is -2.54. The van der Waals surface area contributed by atoms with E-state index < -0.39 is 0 Å². The minimum absolute atomic E-state index is 0.841. The molecule has 2 saturated heterocycles. The molecule has 2 aliphatic heterocycles. The van der Waals surface area contributed by atoms with E-state index in [2.05, 4.69) is 49.6 Å². The van der Waals surface area contributed by atoms with Crippen molar-refractivity contribution in [1.82, 2.24) is 12.9 Å². The van der Waals surface area contributed by atoms with Crippen LogP contribution in [-0.2, 0) is 0 Å². The summed E-state index contributed by atoms with van der Waals surface area (Å²) in [6.45, 7) is 13.5. The van der Waals surface area contributed by atoms with Crippen LogP contribution in [0.2, 0.25) is 0 Å². The minimum atomic E-state index is 0.841. The number of piperidine rings is 1. The fourth-order valence-electron chi connectivity index (χ4n) is 3.08. The second-order valence-corrected chi connectivity index (χ2v) is 6.54. The number of nitrogens with zero attached hydrogens (tertiary/aromatic N) is 3. The van der Waals surface area contributed by atoms with Gasteiger partial charge in [-0.15, -0.1) is 0 Å². The Morgan fingerprint density at radius 1 is 1.12 bits per heavy atom. The van der Waals surface area contributed by atoms with Crippen LogP contribution in [0.3, 0.4) is 0 Å². The zero-order valence-corrected chi connectivity index (χ0v) is 12.7. The highest BCUT2D eigenvalue weighted by Gasteiger charge is 2.31. The molecule has 0 saturated carbocycles. The third kappa shape index (κ3) is 3.09. The Kier molecular flexibility index (Phi) is 4.88. The maximum absolute atomic E-state index is 2.73. The summed E-state index contributed by atoms with van der Waals surface area (Å²) in [6, 6.07) is 0.841. The molecule has 2 heterocycles. The summed E-state index contributed by atoms with van der Waals surface area (Å²) in [7, 11) is 0. The minimum Gasteiger partial charge on any atom is -0.303 e. The molecule has 0 N–H and O–H groups in total. The molecule has 3 nitrogen and oxygen atoms in total. The van der Waals surface area contributed by atoms with Crippen molar-refractivity contribution in [3.05, 3.63) is 0 Å². The summed E-state index contributed by atoms with van der Waals surface area (Å²) in [5.41, 5.74) is 0. The van der Waals surface area contributed by atoms with Crippen molar-refractivity contribution in [2.24, 2.45) is 5.92 Å². The van der Waals surface area contributed by atoms with E-state index in [0.29, 0.717) is 0 Å². The Morgan fingerprint density at radius 2 is 1.81 bits per heavy atom. The summed E-state index contributed by atoms with van der Waals surface area (Å²) >= 11 is 2.45. The summed E-state index contributed by atoms with van der Waals surface area (Å²) in [5, 5.41) is 0. The lowest BCUT2D eigenvalue weighted by Gasteiger charge is -2.44. The van der Waals surface area contributed by atoms with Crippen LogP contribution in [0.1, 0.15) is 20.3 Å². The third-order valence-electron chi connectivity index (χ3n) is 4.12. The Bertz CT molecular complexity index is 216. The SMILES string of the molecule is CCN1CCC(N2CCN(I)CC2)[C@H](C)C1. The van der Waals surface area contributed by atoms with Gasteiger partial charge in [0.15, 0.2) is 0 Å². The molecular formula is C12H24IN3. The lowest BCUT2D eigenvalue weighted by molar-refractivity contribution is 0.0499. The lowest BCUT2D eigenvalue weighted by atomic mass is 9.92. The largest absolute Gasteiger partial charge is 0.303 e. The number of piperazine rings is 1. The monoisotopic (exact) mass is 337 g/mol. The molecule has 0 aromatic heterocycles. The van der Waals surface area contributed by atoms with Gasteiger partial charge in [0.05, 0.1) is 0 Å². The molecule has 4 heteroatoms. The quantitative estimate of drug-likeness (QED) is 0.561. The first-order valence-electron chi connectivity index (χ1n) is 6.58. The Labute approximate surface area is 114 Å². The number of rotatable bonds is 2. The number of halogens is 1. The maximum atomic E-state index is 2.73. The first kappa shape index (κ1) is 13.1. The molecule has 2 rings (SSSR count). The van der Waals surface area contributed by atoms with E-state index >= 15 is 0 Å². The zero-order chi connectivity index (χ0) is 11.5. The molecule has 0 radical (unpaired) electrons. The van der Waals surface area contributed by atoms with Crippen LogP contribution in [0.25, 0.3) is 0 Å². The first-order valence-corrected chi connectivity index (χ1v) is 7.54. The van der Waals surface area contributed by atoms with Gasteiger partial charge in [0.2, 0.25) is 0 Å². The molecule has 2 fully saturated rings. The molecule has 0 aliphatic carbocycles. The first-order chi connectivity index (χ1) is 7.70. The highest BCUT2D eigenvalue weighted by molar-refractivity contribution is 14.1. The molecule has 94 valence electrons. The smallest absolute Gasteiger partial charge is 0.0209 e. The fourth-order valence-corrected chi connectivity index (χ4v) is 3.51. The normalized spacial score (nSPS) is 35.4. The van der Waals surface area contributed by atoms with Crippen molar-refractivity contribution in [3.8, 4) is 0 Å². The van der Waals surface area contributed by atoms with Crippen LogP contribution >= 0.6 is 22.9 Å². The van der Waals surface area contributed by atoms with Gasteiger partial charge >= 0.3 is 0 Å². The molecule has 2 atom stereocenters. The molecule has 2 aliphatic rings. The average Bonchev–Trinajstić information content (AvgIpc) is 2.30. The van der Waals surface area contributed by atoms with Crippen molar-refractivity contribution in [3.63, 3.8) is 0 Å². The number of hydrogen-bond acceptors (Lipinski definition) is 3. The van der Waals surface area contributed by atoms with Crippen LogP contribution in [-0.4, -0.2) is 64.8 Å². The van der Waals surface area contributed by atoms with Crippen molar-refractivity contribution in [2.45, 2.75) is 26.3 Å². The van der Waals surface area contributed by atoms with Gasteiger partial charge in [-0.3, -0.25) is 4.90 Å². The highest BCUT2D eigenvalue weighted by Crippen LogP contribution is 2.23. The van der Waals surface area contributed by atoms with E-state index in [1.165, 1.54) is 52.2 Å². The van der Waals surface area contributed by atoms with Crippen LogP contribution in [0.4, 0.5) is 0 Å². The van der Waals surface area contributed by atoms with Crippen LogP contribution in [0, 0.1) is 5.92 Å². The predicted octanol–water partition coefficient (Wildman–Crippen LogP) is 1.68. The van der Waals surface area contributed by atoms with Gasteiger partial charge in [0.25, 0.3) is 0 Å². The van der Waals surface area contributed by atoms with E-state index in [9.17, 15) is 0 Å². The molecule has 0 amide bonds. The van der Waals surface area contributed by atoms with Crippen molar-refractivity contribution < 1.29 is 0 Å². The summed E-state index contributed by atoms with van der Waals surface area (Å²) < 4.78 is 2.42. The van der Waals surface area contributed by atoms with Gasteiger partial charge in [-0.2, -0.15) is 0 Å². The van der Waals surface area contributed by atoms with Crippen LogP contribution in [0.5, 0.6) is 0 Å². The molecule has 0 aromatic rings. The predicted molar refractivity (Wildman–Crippen MR) is 76.8 cm³/mol. The zero-order valence-electron chi connectivity index (χ0n) is 10.5. The van der Waals surface area contributed by atoms with Gasteiger partial charge in [-0.25, -0.2) is 3.11 Å². The Balaban J connectivity index is 1.85. The molecule has 16 heavy (non-hydrogen) atoms. The van der Waals surface area contributed by atoms with Gasteiger partial charge in [-0.1, -0.05) is 13.8 Å². The second-order valence-electron chi connectivity index (χ2n) is 5.17. The summed E-state index contributed by atoms with van der Waals surface area (Å²) in [5.74, 6) is 0.842. The van der Waals surface area contributed by atoms with E-state index in [4.69, 9.17) is 0 Å². The summed E-state index contributed by atoms with van der Waals surface area (Å²) in [6.07, 6.45) is 1.37. The summed E-state index contributed by atoms with van der Waals surface area (Å²) in [4.78, 5) is 5.32. The second kappa shape index (κ2) is 5.98. The average molecular weight is 337 g/mol. The standard InChI is InChI=1S/C12H24IN3/c1-3-14-5-4-12(11(2)10-14)15-6-8-16(13)9-7-15/h11-12H,3-10H2,1-2H3/t11-,12?/m1/s1. The van der Waals surface area contributed by atoms with E-state index in [0.717, 1.165) is 12.0 Å². The number of hydrogen-bond donors (Lipinski definition) is 0. The Morgan fingerprint density at radius 3 is 2.38 bits per heavy atom. The molecule has 0 spiro atoms. The van der Waals surface area contributed by atoms with Gasteiger partial charge in [-0.05, 0) is 25.4 Å². The van der Waals surface area contributed by atoms with E-state index in [1.54, 1.807) is 0 Å². The highest BCUT2D eigenvalue weighted by atomic mass is 127. The number of likely N-dealkylation sites (tertiary alicyclic amines) is 1. The van der Waals surface area contributed by atoms with Crippen LogP contribution < -0.4 is 0 Å². The van der Waals surface area contributed by atoms with Crippen molar-refractivity contribution in [1.29, 1.82) is 0 Å². The van der Waals surface area contributed by atoms with Gasteiger partial charge in [0.1, 0.15) is 0 Å². The maximum Gasteiger partial charge on any atom is 0.0209 e. The van der Waals surface area contributed by atoms with Gasteiger partial charge < -0.3 is 4.90 Å². The van der Waals surface area contributed by atoms with Crippen molar-refractivity contribution >= 4 is 22.9 Å². The molecular weight excluding hydrogens is 313 g/mol. The molecule has 0 aromatic carbocycles. The van der Waals surface area contributed by atoms with Gasteiger partial charge in [0, 0.05) is 61.6 Å². The van der Waals surface area contributed by atoms with E-state index in [1.807, 2.05) is 0 Å². The molecule has 0 bridgehead atoms. The van der Waals surface area contributed by atoms with Crippen molar-refractivity contribution in [2.75, 3.05) is 45.8 Å². The molecule has 1 unspecified atom stereocenters. The Hall–Kier alpha value is 0.610. The fraction of sp³-hybridized carbons (Fsp3) is 1.00. The topological polar surface area (TPSA) is 9.72 Å². The van der Waals surface area contributed by atoms with E-state index in [-0.39, 0.29) is 0 Å².